The van der Waals surface area contributed by atoms with Crippen LogP contribution in [0.1, 0.15) is 55.7 Å². The third kappa shape index (κ3) is 4.12. The largest absolute Gasteiger partial charge is 0.373 e. The molecule has 3 N–H and O–H groups in total. The first kappa shape index (κ1) is 28.2. The molecule has 4 aliphatic heterocycles. The van der Waals surface area contributed by atoms with Gasteiger partial charge in [-0.2, -0.15) is 0 Å². The van der Waals surface area contributed by atoms with Gasteiger partial charge in [-0.3, -0.25) is 9.59 Å². The Labute approximate surface area is 258 Å². The summed E-state index contributed by atoms with van der Waals surface area (Å²) in [6.07, 6.45) is 4.42. The molecular formula is C35H43N5O4. The van der Waals surface area contributed by atoms with Gasteiger partial charge in [0.25, 0.3) is 0 Å². The summed E-state index contributed by atoms with van der Waals surface area (Å²) in [5.41, 5.74) is 3.53. The SMILES string of the molecule is CC(C)[C@@]1(NC(=O)[C@@H]2CC3c4cccc5[nH]cc(c45)C[C@H]3N(C)C2)OC2[C@@H]3CCCN3C(=O)[C@H](Cc3ccccc3)N2C1O. The highest BCUT2D eigenvalue weighted by Gasteiger charge is 2.64. The summed E-state index contributed by atoms with van der Waals surface area (Å²) in [5.74, 6) is -0.298. The number of carbonyl (C=O) groups excluding carboxylic acids is 2. The van der Waals surface area contributed by atoms with Crippen LogP contribution in [-0.2, 0) is 27.2 Å². The number of aliphatic hydroxyl groups excluding tert-OH is 1. The zero-order chi connectivity index (χ0) is 30.3. The minimum Gasteiger partial charge on any atom is -0.373 e. The Morgan fingerprint density at radius 3 is 2.77 bits per heavy atom. The monoisotopic (exact) mass is 597 g/mol. The van der Waals surface area contributed by atoms with E-state index >= 15 is 0 Å². The predicted octanol–water partition coefficient (Wildman–Crippen LogP) is 3.19. The highest BCUT2D eigenvalue weighted by atomic mass is 16.6. The average Bonchev–Trinajstić information content (AvgIpc) is 3.74. The van der Waals surface area contributed by atoms with Gasteiger partial charge in [-0.15, -0.1) is 0 Å². The number of nitrogens with zero attached hydrogens (tertiary/aromatic N) is 3. The van der Waals surface area contributed by atoms with E-state index in [-0.39, 0.29) is 35.6 Å². The third-order valence-electron chi connectivity index (χ3n) is 11.4. The molecule has 9 heteroatoms. The summed E-state index contributed by atoms with van der Waals surface area (Å²) in [7, 11) is 2.13. The van der Waals surface area contributed by atoms with E-state index < -0.39 is 24.2 Å². The van der Waals surface area contributed by atoms with E-state index in [2.05, 4.69) is 46.6 Å². The van der Waals surface area contributed by atoms with Gasteiger partial charge in [0.05, 0.1) is 18.0 Å². The molecule has 2 amide bonds. The Kier molecular flexibility index (Phi) is 6.68. The minimum absolute atomic E-state index is 0.0386. The number of aliphatic hydroxyl groups is 1. The number of piperidine rings is 1. The molecule has 3 aromatic rings. The lowest BCUT2D eigenvalue weighted by molar-refractivity contribution is -0.171. The number of benzene rings is 2. The van der Waals surface area contributed by atoms with Gasteiger partial charge < -0.3 is 29.9 Å². The maximum Gasteiger partial charge on any atom is 0.240 e. The van der Waals surface area contributed by atoms with Crippen LogP contribution in [0.4, 0.5) is 0 Å². The quantitative estimate of drug-likeness (QED) is 0.418. The van der Waals surface area contributed by atoms with Crippen molar-refractivity contribution in [2.24, 2.45) is 11.8 Å². The second kappa shape index (κ2) is 10.4. The lowest BCUT2D eigenvalue weighted by Gasteiger charge is -2.46. The van der Waals surface area contributed by atoms with Crippen LogP contribution in [0.2, 0.25) is 0 Å². The molecule has 5 aliphatic rings. The summed E-state index contributed by atoms with van der Waals surface area (Å²) < 4.78 is 6.87. The lowest BCUT2D eigenvalue weighted by atomic mass is 9.72. The molecule has 8 atom stereocenters. The summed E-state index contributed by atoms with van der Waals surface area (Å²) in [6, 6.07) is 16.1. The zero-order valence-corrected chi connectivity index (χ0v) is 25.8. The molecule has 4 saturated heterocycles. The van der Waals surface area contributed by atoms with E-state index in [4.69, 9.17) is 4.74 Å². The molecule has 4 fully saturated rings. The normalized spacial score (nSPS) is 35.2. The highest BCUT2D eigenvalue weighted by Crippen LogP contribution is 2.47. The van der Waals surface area contributed by atoms with E-state index in [0.717, 1.165) is 36.8 Å². The molecule has 232 valence electrons. The fourth-order valence-corrected chi connectivity index (χ4v) is 9.12. The number of ether oxygens (including phenoxy) is 1. The highest BCUT2D eigenvalue weighted by molar-refractivity contribution is 5.89. The Bertz CT molecular complexity index is 1590. The first-order valence-corrected chi connectivity index (χ1v) is 16.4. The molecule has 3 unspecified atom stereocenters. The molecule has 2 aromatic carbocycles. The number of H-pyrrole nitrogens is 1. The average molecular weight is 598 g/mol. The van der Waals surface area contributed by atoms with Gasteiger partial charge >= 0.3 is 0 Å². The van der Waals surface area contributed by atoms with Gasteiger partial charge in [0.1, 0.15) is 6.23 Å². The number of amides is 2. The minimum atomic E-state index is -1.33. The number of carbonyl (C=O) groups is 2. The van der Waals surface area contributed by atoms with Gasteiger partial charge in [0.15, 0.2) is 12.0 Å². The number of aromatic nitrogens is 1. The van der Waals surface area contributed by atoms with Crippen LogP contribution in [0.15, 0.2) is 54.7 Å². The van der Waals surface area contributed by atoms with Crippen LogP contribution < -0.4 is 5.32 Å². The van der Waals surface area contributed by atoms with Gasteiger partial charge in [-0.25, -0.2) is 4.90 Å². The molecule has 1 aromatic heterocycles. The van der Waals surface area contributed by atoms with E-state index in [1.165, 1.54) is 16.5 Å². The maximum atomic E-state index is 14.3. The number of likely N-dealkylation sites (tertiary alicyclic amines) is 1. The molecule has 1 aliphatic carbocycles. The molecular weight excluding hydrogens is 554 g/mol. The number of hydrogen-bond donors (Lipinski definition) is 3. The van der Waals surface area contributed by atoms with Crippen molar-refractivity contribution in [2.75, 3.05) is 20.1 Å². The van der Waals surface area contributed by atoms with Gasteiger partial charge in [0.2, 0.25) is 11.8 Å². The zero-order valence-electron chi connectivity index (χ0n) is 25.8. The lowest BCUT2D eigenvalue weighted by Crippen LogP contribution is -2.67. The number of fused-ring (bicyclic) bond motifs is 5. The molecule has 0 saturated carbocycles. The molecule has 0 radical (unpaired) electrons. The van der Waals surface area contributed by atoms with Crippen molar-refractivity contribution in [3.8, 4) is 0 Å². The van der Waals surface area contributed by atoms with Crippen molar-refractivity contribution in [3.63, 3.8) is 0 Å². The fourth-order valence-electron chi connectivity index (χ4n) is 9.12. The topological polar surface area (TPSA) is 101 Å². The summed E-state index contributed by atoms with van der Waals surface area (Å²) >= 11 is 0. The van der Waals surface area contributed by atoms with Crippen LogP contribution in [0.25, 0.3) is 10.9 Å². The third-order valence-corrected chi connectivity index (χ3v) is 11.4. The van der Waals surface area contributed by atoms with Crippen LogP contribution >= 0.6 is 0 Å². The maximum absolute atomic E-state index is 14.3. The van der Waals surface area contributed by atoms with Gasteiger partial charge in [0, 0.05) is 48.1 Å². The van der Waals surface area contributed by atoms with E-state index in [1.54, 1.807) is 0 Å². The first-order valence-electron chi connectivity index (χ1n) is 16.4. The fraction of sp³-hybridized carbons (Fsp3) is 0.543. The van der Waals surface area contributed by atoms with Crippen molar-refractivity contribution in [3.05, 3.63) is 71.4 Å². The number of aromatic amines is 1. The van der Waals surface area contributed by atoms with Crippen LogP contribution in [0.3, 0.4) is 0 Å². The van der Waals surface area contributed by atoms with Crippen molar-refractivity contribution in [1.29, 1.82) is 0 Å². The molecule has 0 spiro atoms. The number of rotatable bonds is 5. The molecule has 44 heavy (non-hydrogen) atoms. The van der Waals surface area contributed by atoms with Crippen molar-refractivity contribution in [1.82, 2.24) is 25.0 Å². The Balaban J connectivity index is 1.09. The molecule has 0 bridgehead atoms. The predicted molar refractivity (Wildman–Crippen MR) is 166 cm³/mol. The summed E-state index contributed by atoms with van der Waals surface area (Å²) in [6.45, 7) is 5.32. The van der Waals surface area contributed by atoms with Crippen molar-refractivity contribution >= 4 is 22.7 Å². The van der Waals surface area contributed by atoms with Crippen LogP contribution in [0.5, 0.6) is 0 Å². The number of piperazine rings is 1. The molecule has 5 heterocycles. The second-order valence-corrected chi connectivity index (χ2v) is 14.0. The summed E-state index contributed by atoms with van der Waals surface area (Å²) in [4.78, 5) is 37.8. The first-order chi connectivity index (χ1) is 21.3. The van der Waals surface area contributed by atoms with Crippen LogP contribution in [0, 0.1) is 11.8 Å². The second-order valence-electron chi connectivity index (χ2n) is 14.0. The number of likely N-dealkylation sites (N-methyl/N-ethyl adjacent to an activating group) is 1. The van der Waals surface area contributed by atoms with Gasteiger partial charge in [-0.1, -0.05) is 56.3 Å². The Morgan fingerprint density at radius 2 is 1.98 bits per heavy atom. The number of nitrogens with one attached hydrogen (secondary N) is 2. The van der Waals surface area contributed by atoms with Crippen molar-refractivity contribution in [2.45, 2.75) is 88.2 Å². The molecule has 8 rings (SSSR count). The standard InChI is InChI=1S/C35H43N5O4/c1-20(2)35(34(43)40-29(15-21-9-5-4-6-10-21)32(42)39-14-8-13-27(39)33(40)44-35)37-31(41)23-16-25-24-11-7-12-26-30(24)22(18-36-26)17-28(25)38(3)19-23/h4-7,9-12,18,20,23,25,27-29,33-34,36,43H,8,13-17,19H2,1-3H3,(H,37,41)/t23-,25?,27+,28-,29+,33?,34?,35-/m1/s1. The van der Waals surface area contributed by atoms with E-state index in [9.17, 15) is 14.7 Å². The Morgan fingerprint density at radius 1 is 1.16 bits per heavy atom. The van der Waals surface area contributed by atoms with Crippen molar-refractivity contribution < 1.29 is 19.4 Å². The van der Waals surface area contributed by atoms with E-state index in [0.29, 0.717) is 25.6 Å². The smallest absolute Gasteiger partial charge is 0.240 e. The molecule has 9 nitrogen and oxygen atoms in total. The van der Waals surface area contributed by atoms with Crippen LogP contribution in [-0.4, -0.2) is 93.0 Å². The van der Waals surface area contributed by atoms with E-state index in [1.807, 2.05) is 54.0 Å². The Hall–Kier alpha value is -3.24. The van der Waals surface area contributed by atoms with Gasteiger partial charge in [-0.05, 0) is 61.9 Å². The number of hydrogen-bond acceptors (Lipinski definition) is 6. The summed E-state index contributed by atoms with van der Waals surface area (Å²) in [5, 5.41) is 16.8.